The fraction of sp³-hybridized carbons (Fsp3) is 0.286. The molecule has 0 radical (unpaired) electrons. The van der Waals surface area contributed by atoms with Crippen LogP contribution < -0.4 is 5.73 Å². The quantitative estimate of drug-likeness (QED) is 0.593. The van der Waals surface area contributed by atoms with E-state index in [1.54, 1.807) is 24.3 Å². The Balaban J connectivity index is 0. The molecule has 0 bridgehead atoms. The van der Waals surface area contributed by atoms with E-state index in [0.29, 0.717) is 5.90 Å². The molecule has 0 saturated heterocycles. The molecule has 104 valence electrons. The predicted molar refractivity (Wildman–Crippen MR) is 77.9 cm³/mol. The van der Waals surface area contributed by atoms with E-state index in [2.05, 4.69) is 30.2 Å². The molecule has 3 N–H and O–H groups in total. The average molecular weight is 264 g/mol. The normalized spacial score (nSPS) is 17.2. The summed E-state index contributed by atoms with van der Waals surface area (Å²) in [5, 5.41) is 8.69. The lowest BCUT2D eigenvalue weighted by Gasteiger charge is -1.98. The molecule has 0 saturated carbocycles. The minimum Gasteiger partial charge on any atom is -0.480 e. The van der Waals surface area contributed by atoms with Gasteiger partial charge in [0.05, 0.1) is 0 Å². The molecule has 1 aliphatic heterocycles. The van der Waals surface area contributed by atoms with Crippen molar-refractivity contribution >= 4 is 11.9 Å². The zero-order valence-electron chi connectivity index (χ0n) is 11.2. The molecule has 1 heterocycles. The summed E-state index contributed by atoms with van der Waals surface area (Å²) >= 11 is 0. The fourth-order valence-electron chi connectivity index (χ4n) is 1.07. The molecule has 1 atom stereocenters. The minimum absolute atomic E-state index is 0.112. The molecule has 5 nitrogen and oxygen atoms in total. The molecule has 0 amide bonds. The molecular weight excluding hydrogens is 244 g/mol. The predicted octanol–water partition coefficient (Wildman–Crippen LogP) is 1.38. The van der Waals surface area contributed by atoms with Crippen LogP contribution >= 0.6 is 0 Å². The van der Waals surface area contributed by atoms with Crippen molar-refractivity contribution in [3.05, 3.63) is 36.5 Å². The summed E-state index contributed by atoms with van der Waals surface area (Å²) in [6, 6.07) is -0.772. The molecule has 0 aromatic carbocycles. The van der Waals surface area contributed by atoms with Crippen LogP contribution in [0.3, 0.4) is 0 Å². The molecule has 0 fully saturated rings. The van der Waals surface area contributed by atoms with E-state index in [9.17, 15) is 4.79 Å². The van der Waals surface area contributed by atoms with Crippen LogP contribution in [0.15, 0.2) is 41.4 Å². The van der Waals surface area contributed by atoms with Crippen LogP contribution in [0.1, 0.15) is 6.92 Å². The molecule has 0 spiro atoms. The third kappa shape index (κ3) is 7.58. The number of carboxylic acids is 1. The molecule has 19 heavy (non-hydrogen) atoms. The lowest BCUT2D eigenvalue weighted by atomic mass is 10.2. The van der Waals surface area contributed by atoms with Crippen LogP contribution in [0.2, 0.25) is 0 Å². The summed E-state index contributed by atoms with van der Waals surface area (Å²) in [6.07, 6.45) is 15.0. The van der Waals surface area contributed by atoms with Gasteiger partial charge in [-0.25, -0.2) is 9.79 Å². The van der Waals surface area contributed by atoms with Gasteiger partial charge in [0.25, 0.3) is 0 Å². The second kappa shape index (κ2) is 12.1. The van der Waals surface area contributed by atoms with Gasteiger partial charge >= 0.3 is 5.97 Å². The highest BCUT2D eigenvalue weighted by atomic mass is 16.5. The number of aliphatic imine (C=N–C) groups is 1. The number of allylic oxidation sites excluding steroid dienone is 4. The number of ether oxygens (including phenoxy) is 1. The highest BCUT2D eigenvalue weighted by molar-refractivity contribution is 5.96. The summed E-state index contributed by atoms with van der Waals surface area (Å²) in [5.74, 6) is -0.560. The molecule has 0 aromatic rings. The molecular formula is C14H20N2O3. The number of carbonyl (C=O) groups is 1. The van der Waals surface area contributed by atoms with Crippen LogP contribution in [0.5, 0.6) is 0 Å². The Hall–Kier alpha value is -2.32. The van der Waals surface area contributed by atoms with Gasteiger partial charge in [0.1, 0.15) is 6.61 Å². The van der Waals surface area contributed by atoms with Crippen molar-refractivity contribution in [3.63, 3.8) is 0 Å². The summed E-state index contributed by atoms with van der Waals surface area (Å²) in [4.78, 5) is 14.5. The van der Waals surface area contributed by atoms with Gasteiger partial charge in [-0.05, 0) is 14.0 Å². The van der Waals surface area contributed by atoms with Crippen LogP contribution in [-0.4, -0.2) is 36.7 Å². The highest BCUT2D eigenvalue weighted by Crippen LogP contribution is 2.11. The number of hydrogen-bond acceptors (Lipinski definition) is 4. The van der Waals surface area contributed by atoms with Crippen molar-refractivity contribution in [2.24, 2.45) is 10.7 Å². The molecule has 0 aliphatic carbocycles. The Labute approximate surface area is 114 Å². The second-order valence-electron chi connectivity index (χ2n) is 3.07. The number of aliphatic carboxylic acids is 1. The van der Waals surface area contributed by atoms with E-state index in [1.165, 1.54) is 7.05 Å². The van der Waals surface area contributed by atoms with Crippen molar-refractivity contribution in [1.82, 2.24) is 0 Å². The number of hydrogen-bond donors (Lipinski definition) is 2. The maximum Gasteiger partial charge on any atom is 0.332 e. The largest absolute Gasteiger partial charge is 0.480 e. The van der Waals surface area contributed by atoms with Crippen molar-refractivity contribution in [3.8, 4) is 12.8 Å². The summed E-state index contributed by atoms with van der Waals surface area (Å²) in [7, 11) is 1.50. The van der Waals surface area contributed by atoms with E-state index in [-0.39, 0.29) is 6.61 Å². The first-order valence-corrected chi connectivity index (χ1v) is 5.46. The van der Waals surface area contributed by atoms with E-state index in [4.69, 9.17) is 9.84 Å². The van der Waals surface area contributed by atoms with Crippen molar-refractivity contribution < 1.29 is 14.6 Å². The first kappa shape index (κ1) is 19.0. The summed E-state index contributed by atoms with van der Waals surface area (Å²) in [5.41, 5.74) is 5.30. The minimum atomic E-state index is -0.959. The smallest absolute Gasteiger partial charge is 0.332 e. The van der Waals surface area contributed by atoms with E-state index < -0.39 is 12.0 Å². The van der Waals surface area contributed by atoms with Crippen molar-refractivity contribution in [1.29, 1.82) is 0 Å². The standard InChI is InChI=1S/C11H13NO3.C2H2.CH5N/c1-3-4-5-6-8(2)10-12-9(7-15-10)11(13)14;2*1-2/h3-6,9H,1,7H2,2H3,(H,13,14);1-2H;2H2,1H3/b5-4-,8-6+;;. The van der Waals surface area contributed by atoms with Gasteiger partial charge in [0.2, 0.25) is 5.90 Å². The van der Waals surface area contributed by atoms with Crippen LogP contribution in [0.25, 0.3) is 0 Å². The van der Waals surface area contributed by atoms with Crippen molar-refractivity contribution in [2.75, 3.05) is 13.7 Å². The van der Waals surface area contributed by atoms with E-state index >= 15 is 0 Å². The van der Waals surface area contributed by atoms with Gasteiger partial charge in [0, 0.05) is 5.57 Å². The topological polar surface area (TPSA) is 84.9 Å². The summed E-state index contributed by atoms with van der Waals surface area (Å²) < 4.78 is 5.16. The molecule has 1 unspecified atom stereocenters. The van der Waals surface area contributed by atoms with Gasteiger partial charge < -0.3 is 15.6 Å². The zero-order valence-corrected chi connectivity index (χ0v) is 11.2. The summed E-state index contributed by atoms with van der Waals surface area (Å²) in [6.45, 7) is 5.46. The zero-order chi connectivity index (χ0) is 15.3. The van der Waals surface area contributed by atoms with Gasteiger partial charge in [-0.1, -0.05) is 30.9 Å². The number of nitrogens with zero attached hydrogens (tertiary/aromatic N) is 1. The Morgan fingerprint density at radius 2 is 2.11 bits per heavy atom. The molecule has 1 rings (SSSR count). The molecule has 0 aromatic heterocycles. The fourth-order valence-corrected chi connectivity index (χ4v) is 1.07. The van der Waals surface area contributed by atoms with Crippen LogP contribution in [0, 0.1) is 12.8 Å². The number of terminal acetylenes is 1. The molecule has 5 heteroatoms. The Kier molecular flexibility index (Phi) is 12.2. The van der Waals surface area contributed by atoms with Crippen molar-refractivity contribution in [2.45, 2.75) is 13.0 Å². The highest BCUT2D eigenvalue weighted by Gasteiger charge is 2.25. The molecule has 1 aliphatic rings. The number of rotatable bonds is 4. The Morgan fingerprint density at radius 1 is 1.53 bits per heavy atom. The van der Waals surface area contributed by atoms with Gasteiger partial charge in [-0.3, -0.25) is 0 Å². The van der Waals surface area contributed by atoms with Gasteiger partial charge in [-0.2, -0.15) is 0 Å². The van der Waals surface area contributed by atoms with Crippen LogP contribution in [0.4, 0.5) is 0 Å². The first-order chi connectivity index (χ1) is 9.15. The van der Waals surface area contributed by atoms with Gasteiger partial charge in [-0.15, -0.1) is 12.8 Å². The van der Waals surface area contributed by atoms with Crippen LogP contribution in [-0.2, 0) is 9.53 Å². The Morgan fingerprint density at radius 3 is 2.53 bits per heavy atom. The lowest BCUT2D eigenvalue weighted by Crippen LogP contribution is -2.18. The average Bonchev–Trinajstić information content (AvgIpc) is 2.93. The lowest BCUT2D eigenvalue weighted by molar-refractivity contribution is -0.138. The number of carboxylic acid groups (broad SMARTS) is 1. The third-order valence-corrected chi connectivity index (χ3v) is 1.87. The maximum absolute atomic E-state index is 10.6. The van der Waals surface area contributed by atoms with Gasteiger partial charge in [0.15, 0.2) is 6.04 Å². The Bertz CT molecular complexity index is 393. The third-order valence-electron chi connectivity index (χ3n) is 1.87. The SMILES string of the molecule is C#C.C=C/C=C\C=C(/C)C1=NC(C(=O)O)CO1.CN. The van der Waals surface area contributed by atoms with E-state index in [0.717, 1.165) is 5.57 Å². The maximum atomic E-state index is 10.6. The van der Waals surface area contributed by atoms with E-state index in [1.807, 2.05) is 6.92 Å². The first-order valence-electron chi connectivity index (χ1n) is 5.46. The monoisotopic (exact) mass is 264 g/mol. The second-order valence-corrected chi connectivity index (χ2v) is 3.07. The number of nitrogens with two attached hydrogens (primary N) is 1.